The Morgan fingerprint density at radius 2 is 2.05 bits per heavy atom. The predicted octanol–water partition coefficient (Wildman–Crippen LogP) is 0.995. The van der Waals surface area contributed by atoms with Gasteiger partial charge in [-0.15, -0.1) is 0 Å². The molecule has 8 heteroatoms. The molecule has 1 aromatic rings. The van der Waals surface area contributed by atoms with E-state index in [4.69, 9.17) is 10.7 Å². The second-order valence-electron chi connectivity index (χ2n) is 4.50. The van der Waals surface area contributed by atoms with E-state index in [-0.39, 0.29) is 17.5 Å². The first-order valence-corrected chi connectivity index (χ1v) is 8.51. The van der Waals surface area contributed by atoms with Crippen LogP contribution in [0.2, 0.25) is 0 Å². The quantitative estimate of drug-likeness (QED) is 0.778. The van der Waals surface area contributed by atoms with Gasteiger partial charge in [0.25, 0.3) is 9.05 Å². The van der Waals surface area contributed by atoms with Gasteiger partial charge in [0.05, 0.1) is 0 Å². The van der Waals surface area contributed by atoms with Crippen molar-refractivity contribution in [3.05, 3.63) is 12.0 Å². The van der Waals surface area contributed by atoms with E-state index in [0.717, 1.165) is 25.9 Å². The number of carbonyl (C=O) groups excluding carboxylic acids is 1. The van der Waals surface area contributed by atoms with Crippen molar-refractivity contribution in [2.75, 3.05) is 13.1 Å². The normalized spacial score (nSPS) is 16.0. The molecule has 0 radical (unpaired) electrons. The molecule has 6 nitrogen and oxygen atoms in total. The van der Waals surface area contributed by atoms with Gasteiger partial charge in [-0.25, -0.2) is 13.4 Å². The van der Waals surface area contributed by atoms with Crippen molar-refractivity contribution in [1.29, 1.82) is 0 Å². The van der Waals surface area contributed by atoms with Crippen LogP contribution in [0.4, 0.5) is 0 Å². The summed E-state index contributed by atoms with van der Waals surface area (Å²) >= 11 is 0. The fourth-order valence-electron chi connectivity index (χ4n) is 2.18. The number of imidazole rings is 1. The minimum Gasteiger partial charge on any atom is -0.341 e. The summed E-state index contributed by atoms with van der Waals surface area (Å²) in [6.45, 7) is 3.51. The number of aryl methyl sites for hydroxylation is 1. The lowest BCUT2D eigenvalue weighted by Crippen LogP contribution is -2.31. The summed E-state index contributed by atoms with van der Waals surface area (Å²) in [7, 11) is 1.41. The molecular weight excluding hydrogens is 290 g/mol. The molecule has 1 fully saturated rings. The number of likely N-dealkylation sites (tertiary alicyclic amines) is 1. The number of amides is 1. The molecule has 0 atom stereocenters. The Balaban J connectivity index is 2.19. The van der Waals surface area contributed by atoms with Crippen LogP contribution in [0.15, 0.2) is 11.2 Å². The Bertz CT molecular complexity index is 576. The van der Waals surface area contributed by atoms with Gasteiger partial charge >= 0.3 is 0 Å². The molecule has 0 N–H and O–H groups in total. The third-order valence-corrected chi connectivity index (χ3v) is 4.34. The molecule has 1 aromatic heterocycles. The number of halogens is 1. The average molecular weight is 306 g/mol. The van der Waals surface area contributed by atoms with Gasteiger partial charge in [-0.3, -0.25) is 4.79 Å². The molecule has 2 heterocycles. The van der Waals surface area contributed by atoms with Gasteiger partial charge in [-0.1, -0.05) is 6.92 Å². The molecule has 1 aliphatic rings. The number of hydrogen-bond donors (Lipinski definition) is 0. The SMILES string of the molecule is CCc1nc(S(=O)(=O)Cl)cn1CC(=O)N1CCCC1. The van der Waals surface area contributed by atoms with Crippen LogP contribution in [0.5, 0.6) is 0 Å². The zero-order valence-corrected chi connectivity index (χ0v) is 12.2. The van der Waals surface area contributed by atoms with Gasteiger partial charge in [0.1, 0.15) is 12.4 Å². The fraction of sp³-hybridized carbons (Fsp3) is 0.636. The monoisotopic (exact) mass is 305 g/mol. The van der Waals surface area contributed by atoms with E-state index in [1.54, 1.807) is 9.47 Å². The van der Waals surface area contributed by atoms with E-state index >= 15 is 0 Å². The molecule has 1 aliphatic heterocycles. The molecule has 0 unspecified atom stereocenters. The summed E-state index contributed by atoms with van der Waals surface area (Å²) in [5, 5.41) is -0.194. The molecule has 106 valence electrons. The van der Waals surface area contributed by atoms with Gasteiger partial charge in [0, 0.05) is 36.4 Å². The number of rotatable bonds is 4. The van der Waals surface area contributed by atoms with Crippen molar-refractivity contribution in [3.63, 3.8) is 0 Å². The van der Waals surface area contributed by atoms with Gasteiger partial charge < -0.3 is 9.47 Å². The molecule has 1 amide bonds. The Kier molecular flexibility index (Phi) is 4.15. The van der Waals surface area contributed by atoms with Crippen molar-refractivity contribution < 1.29 is 13.2 Å². The largest absolute Gasteiger partial charge is 0.341 e. The van der Waals surface area contributed by atoms with E-state index < -0.39 is 9.05 Å². The summed E-state index contributed by atoms with van der Waals surface area (Å²) in [6.07, 6.45) is 3.92. The Labute approximate surface area is 116 Å². The van der Waals surface area contributed by atoms with Crippen LogP contribution < -0.4 is 0 Å². The molecule has 19 heavy (non-hydrogen) atoms. The second kappa shape index (κ2) is 5.50. The van der Waals surface area contributed by atoms with Crippen LogP contribution in [0.3, 0.4) is 0 Å². The van der Waals surface area contributed by atoms with Crippen molar-refractivity contribution in [2.45, 2.75) is 37.8 Å². The van der Waals surface area contributed by atoms with E-state index in [0.29, 0.717) is 12.2 Å². The smallest absolute Gasteiger partial charge is 0.280 e. The van der Waals surface area contributed by atoms with E-state index in [1.165, 1.54) is 6.20 Å². The number of aromatic nitrogens is 2. The highest BCUT2D eigenvalue weighted by Gasteiger charge is 2.22. The van der Waals surface area contributed by atoms with Crippen molar-refractivity contribution in [2.24, 2.45) is 0 Å². The van der Waals surface area contributed by atoms with E-state index in [1.807, 2.05) is 6.92 Å². The van der Waals surface area contributed by atoms with Crippen LogP contribution in [-0.4, -0.2) is 41.9 Å². The number of carbonyl (C=O) groups is 1. The Morgan fingerprint density at radius 3 is 2.58 bits per heavy atom. The first-order chi connectivity index (χ1) is 8.91. The van der Waals surface area contributed by atoms with E-state index in [2.05, 4.69) is 4.98 Å². The third-order valence-electron chi connectivity index (χ3n) is 3.17. The van der Waals surface area contributed by atoms with Gasteiger partial charge in [-0.2, -0.15) is 0 Å². The molecular formula is C11H16ClN3O3S. The standard InChI is InChI=1S/C11H16ClN3O3S/c1-2-9-13-10(19(12,17)18)7-15(9)8-11(16)14-5-3-4-6-14/h7H,2-6,8H2,1H3. The molecule has 0 bridgehead atoms. The fourth-order valence-corrected chi connectivity index (χ4v) is 2.87. The summed E-state index contributed by atoms with van der Waals surface area (Å²) in [5.41, 5.74) is 0. The van der Waals surface area contributed by atoms with Crippen LogP contribution in [0, 0.1) is 0 Å². The van der Waals surface area contributed by atoms with Crippen LogP contribution >= 0.6 is 10.7 Å². The molecule has 0 saturated carbocycles. The lowest BCUT2D eigenvalue weighted by molar-refractivity contribution is -0.130. The summed E-state index contributed by atoms with van der Waals surface area (Å²) in [6, 6.07) is 0. The molecule has 0 aromatic carbocycles. The van der Waals surface area contributed by atoms with Crippen LogP contribution in [0.25, 0.3) is 0 Å². The molecule has 2 rings (SSSR count). The Hall–Kier alpha value is -1.08. The maximum absolute atomic E-state index is 12.0. The van der Waals surface area contributed by atoms with Crippen LogP contribution in [-0.2, 0) is 26.8 Å². The lowest BCUT2D eigenvalue weighted by Gasteiger charge is -2.16. The summed E-state index contributed by atoms with van der Waals surface area (Å²) in [5.74, 6) is 0.537. The maximum Gasteiger partial charge on any atom is 0.280 e. The van der Waals surface area contributed by atoms with Gasteiger partial charge in [-0.05, 0) is 12.8 Å². The maximum atomic E-state index is 12.0. The predicted molar refractivity (Wildman–Crippen MR) is 70.5 cm³/mol. The molecule has 0 spiro atoms. The van der Waals surface area contributed by atoms with Crippen molar-refractivity contribution in [3.8, 4) is 0 Å². The third kappa shape index (κ3) is 3.27. The number of nitrogens with zero attached hydrogens (tertiary/aromatic N) is 3. The lowest BCUT2D eigenvalue weighted by atomic mass is 10.4. The van der Waals surface area contributed by atoms with Gasteiger partial charge in [0.2, 0.25) is 5.91 Å². The van der Waals surface area contributed by atoms with Crippen molar-refractivity contribution >= 4 is 25.6 Å². The minimum atomic E-state index is -3.85. The summed E-state index contributed by atoms with van der Waals surface area (Å²) < 4.78 is 24.1. The van der Waals surface area contributed by atoms with Gasteiger partial charge in [0.15, 0.2) is 5.03 Å². The molecule has 1 saturated heterocycles. The zero-order chi connectivity index (χ0) is 14.0. The summed E-state index contributed by atoms with van der Waals surface area (Å²) in [4.78, 5) is 17.8. The number of hydrogen-bond acceptors (Lipinski definition) is 4. The minimum absolute atomic E-state index is 0.0110. The second-order valence-corrected chi connectivity index (χ2v) is 7.02. The van der Waals surface area contributed by atoms with Crippen LogP contribution in [0.1, 0.15) is 25.6 Å². The molecule has 0 aliphatic carbocycles. The van der Waals surface area contributed by atoms with Crippen molar-refractivity contribution in [1.82, 2.24) is 14.5 Å². The highest BCUT2D eigenvalue weighted by molar-refractivity contribution is 8.13. The average Bonchev–Trinajstić information content (AvgIpc) is 2.96. The highest BCUT2D eigenvalue weighted by atomic mass is 35.7. The first kappa shape index (κ1) is 14.3. The van der Waals surface area contributed by atoms with E-state index in [9.17, 15) is 13.2 Å². The Morgan fingerprint density at radius 1 is 1.42 bits per heavy atom. The topological polar surface area (TPSA) is 72.3 Å². The highest BCUT2D eigenvalue weighted by Crippen LogP contribution is 2.16. The first-order valence-electron chi connectivity index (χ1n) is 6.20. The zero-order valence-electron chi connectivity index (χ0n) is 10.7.